The molecule has 0 radical (unpaired) electrons. The van der Waals surface area contributed by atoms with Gasteiger partial charge in [0.15, 0.2) is 0 Å². The van der Waals surface area contributed by atoms with Gasteiger partial charge in [-0.25, -0.2) is 55.8 Å². The number of nitrogens with one attached hydrogen (secondary N) is 2. The third-order valence-corrected chi connectivity index (χ3v) is 10.5. The highest BCUT2D eigenvalue weighted by Gasteiger charge is 2.21. The maximum absolute atomic E-state index is 12.9. The number of halogens is 2. The summed E-state index contributed by atoms with van der Waals surface area (Å²) in [7, 11) is -7.57. The van der Waals surface area contributed by atoms with Crippen molar-refractivity contribution in [2.45, 2.75) is 37.2 Å². The zero-order valence-electron chi connectivity index (χ0n) is 40.9. The average Bonchev–Trinajstić information content (AvgIpc) is 3.24. The Hall–Kier alpha value is -5.94. The van der Waals surface area contributed by atoms with E-state index in [0.717, 1.165) is 37.4 Å². The van der Waals surface area contributed by atoms with E-state index in [2.05, 4.69) is 34.1 Å². The van der Waals surface area contributed by atoms with Crippen molar-refractivity contribution in [3.8, 4) is 22.5 Å². The van der Waals surface area contributed by atoms with Gasteiger partial charge in [-0.05, 0) is 86.1 Å². The second-order valence-electron chi connectivity index (χ2n) is 11.3. The van der Waals surface area contributed by atoms with Crippen LogP contribution in [0.25, 0.3) is 22.5 Å². The number of anilines is 2. The summed E-state index contributed by atoms with van der Waals surface area (Å²) < 4.78 is 154. The second-order valence-corrected chi connectivity index (χ2v) is 15.5. The van der Waals surface area contributed by atoms with Gasteiger partial charge in [-0.2, -0.15) is 0 Å². The second kappa shape index (κ2) is 17.5. The van der Waals surface area contributed by atoms with Gasteiger partial charge in [-0.15, -0.1) is 0 Å². The Kier molecular flexibility index (Phi) is 8.72. The summed E-state index contributed by atoms with van der Waals surface area (Å²) in [6, 6.07) is 19.2. The zero-order chi connectivity index (χ0) is 51.7. The molecule has 294 valence electrons. The number of sulfonamides is 2. The number of aromatic carboxylic acids is 1. The number of carbonyl (C=O) groups is 2. The van der Waals surface area contributed by atoms with Crippen LogP contribution in [0.5, 0.6) is 0 Å². The number of methoxy groups -OCH3 is 1. The van der Waals surface area contributed by atoms with Crippen molar-refractivity contribution in [3.63, 3.8) is 0 Å². The zero-order valence-corrected chi connectivity index (χ0v) is 32.0. The molecule has 0 aliphatic heterocycles. The lowest BCUT2D eigenvalue weighted by Crippen LogP contribution is -2.16. The van der Waals surface area contributed by atoms with Crippen LogP contribution in [0, 0.1) is 27.4 Å². The summed E-state index contributed by atoms with van der Waals surface area (Å²) >= 11 is 12.1. The maximum atomic E-state index is 12.9. The van der Waals surface area contributed by atoms with E-state index in [9.17, 15) is 26.4 Å². The largest absolute Gasteiger partial charge is 0.478 e. The van der Waals surface area contributed by atoms with Crippen LogP contribution >= 0.6 is 23.2 Å². The highest BCUT2D eigenvalue weighted by atomic mass is 35.5. The molecule has 18 heteroatoms. The molecule has 0 spiro atoms. The quantitative estimate of drug-likeness (QED) is 0.0887. The molecule has 0 atom stereocenters. The molecule has 0 amide bonds. The Labute approximate surface area is 355 Å². The van der Waals surface area contributed by atoms with Gasteiger partial charge in [0.1, 0.15) is 10.3 Å². The molecule has 0 saturated carbocycles. The van der Waals surface area contributed by atoms with E-state index >= 15 is 0 Å². The number of aryl methyl sites for hydroxylation is 4. The fourth-order valence-corrected chi connectivity index (χ4v) is 7.25. The van der Waals surface area contributed by atoms with Crippen molar-refractivity contribution in [1.82, 2.24) is 19.9 Å². The summed E-state index contributed by atoms with van der Waals surface area (Å²) in [5, 5.41) is 8.53. The lowest BCUT2D eigenvalue weighted by Gasteiger charge is -2.12. The Morgan fingerprint density at radius 2 is 1.00 bits per heavy atom. The number of hydrogen-bond donors (Lipinski definition) is 3. The number of carboxylic acid groups (broad SMARTS) is 1. The van der Waals surface area contributed by atoms with E-state index in [-0.39, 0.29) is 71.1 Å². The molecule has 0 aliphatic rings. The molecule has 0 unspecified atom stereocenters. The first-order valence-electron chi connectivity index (χ1n) is 21.7. The van der Waals surface area contributed by atoms with Crippen molar-refractivity contribution in [2.24, 2.45) is 0 Å². The minimum absolute atomic E-state index is 0.0167. The lowest BCUT2D eigenvalue weighted by molar-refractivity contribution is 0.0599. The first kappa shape index (κ1) is 28.5. The monoisotopic (exact) mass is 860 g/mol. The van der Waals surface area contributed by atoms with Crippen LogP contribution in [0.3, 0.4) is 0 Å². The van der Waals surface area contributed by atoms with E-state index in [1.54, 1.807) is 0 Å². The van der Waals surface area contributed by atoms with Gasteiger partial charge >= 0.3 is 11.9 Å². The van der Waals surface area contributed by atoms with Crippen molar-refractivity contribution >= 4 is 67.1 Å². The predicted octanol–water partition coefficient (Wildman–Crippen LogP) is 7.91. The standard InChI is InChI=1S/C20H18ClN3O4S.C19H16ClN3O4S/c1-12-6-4-7-13(2)18(12)16-11-17(21)23-20(22-16)24-29(26,27)15-9-5-8-14(10-15)19(25)28-3;1-11-5-3-6-12(2)17(11)15-10-16(20)22-19(21-15)23-28(26,27)14-8-4-7-13(9-14)18(24)25/h4-11H,1-3H3,(H,22,23,24);3-10H,1-2H3,(H,24,25)(H,21,22,23)/i2*1D3,2D3. The first-order chi connectivity index (χ1) is 31.7. The summed E-state index contributed by atoms with van der Waals surface area (Å²) in [6.07, 6.45) is 0. The minimum Gasteiger partial charge on any atom is -0.478 e. The Balaban J connectivity index is 0.000000258. The van der Waals surface area contributed by atoms with Crippen LogP contribution in [-0.4, -0.2) is 60.9 Å². The van der Waals surface area contributed by atoms with Gasteiger partial charge in [0.05, 0.1) is 39.4 Å². The van der Waals surface area contributed by atoms with Crippen LogP contribution in [-0.2, 0) is 24.8 Å². The molecule has 6 aromatic rings. The molecule has 3 N–H and O–H groups in total. The van der Waals surface area contributed by atoms with E-state index in [0.29, 0.717) is 0 Å². The van der Waals surface area contributed by atoms with Crippen LogP contribution in [0.2, 0.25) is 10.3 Å². The topological polar surface area (TPSA) is 207 Å². The van der Waals surface area contributed by atoms with Crippen molar-refractivity contribution in [3.05, 3.63) is 141 Å². The Bertz CT molecular complexity index is 3130. The van der Waals surface area contributed by atoms with Crippen LogP contribution in [0.1, 0.15) is 59.4 Å². The van der Waals surface area contributed by atoms with Gasteiger partial charge in [0, 0.05) is 39.7 Å². The van der Waals surface area contributed by atoms with Gasteiger partial charge in [0.2, 0.25) is 11.9 Å². The molecule has 57 heavy (non-hydrogen) atoms. The molecule has 14 nitrogen and oxygen atoms in total. The number of carboxylic acids is 1. The van der Waals surface area contributed by atoms with Crippen molar-refractivity contribution in [2.75, 3.05) is 16.6 Å². The molecule has 4 aromatic carbocycles. The molecule has 6 rings (SSSR count). The van der Waals surface area contributed by atoms with Crippen LogP contribution in [0.4, 0.5) is 11.9 Å². The minimum atomic E-state index is -4.38. The summed E-state index contributed by atoms with van der Waals surface area (Å²) in [6.45, 7) is -10.8. The normalized spacial score (nSPS) is 15.2. The number of hydrogen-bond acceptors (Lipinski definition) is 11. The van der Waals surface area contributed by atoms with Crippen LogP contribution in [0.15, 0.2) is 107 Å². The molecular formula is C39H34Cl2N6O8S2. The van der Waals surface area contributed by atoms with Gasteiger partial charge in [-0.1, -0.05) is 71.7 Å². The summed E-state index contributed by atoms with van der Waals surface area (Å²) in [5.74, 6) is -3.19. The molecule has 0 bridgehead atoms. The lowest BCUT2D eigenvalue weighted by atomic mass is 10.00. The summed E-state index contributed by atoms with van der Waals surface area (Å²) in [4.78, 5) is 37.9. The fourth-order valence-electron chi connectivity index (χ4n) is 4.90. The van der Waals surface area contributed by atoms with E-state index in [4.69, 9.17) is 44.8 Å². The van der Waals surface area contributed by atoms with E-state index in [1.165, 1.54) is 66.7 Å². The Morgan fingerprint density at radius 3 is 1.39 bits per heavy atom. The number of carbonyl (C=O) groups excluding carboxylic acids is 1. The number of nitrogens with zero attached hydrogens (tertiary/aromatic N) is 4. The highest BCUT2D eigenvalue weighted by molar-refractivity contribution is 7.93. The molecule has 0 fully saturated rings. The van der Waals surface area contributed by atoms with E-state index in [1.807, 2.05) is 0 Å². The maximum Gasteiger partial charge on any atom is 0.337 e. The number of rotatable bonds is 10. The molecule has 0 saturated heterocycles. The van der Waals surface area contributed by atoms with Crippen LogP contribution < -0.4 is 9.44 Å². The first-order valence-corrected chi connectivity index (χ1v) is 19.4. The molecule has 2 aromatic heterocycles. The smallest absolute Gasteiger partial charge is 0.337 e. The van der Waals surface area contributed by atoms with E-state index < -0.39 is 76.2 Å². The third-order valence-electron chi connectivity index (χ3n) is 7.44. The van der Waals surface area contributed by atoms with Crippen molar-refractivity contribution < 1.29 is 52.7 Å². The third kappa shape index (κ3) is 10.3. The fraction of sp³-hybridized carbons (Fsp3) is 0.128. The van der Waals surface area contributed by atoms with Gasteiger partial charge in [0.25, 0.3) is 20.0 Å². The number of ether oxygens (including phenoxy) is 1. The number of benzene rings is 4. The molecule has 2 heterocycles. The molecule has 0 aliphatic carbocycles. The Morgan fingerprint density at radius 1 is 0.614 bits per heavy atom. The average molecular weight is 862 g/mol. The van der Waals surface area contributed by atoms with Crippen molar-refractivity contribution in [1.29, 1.82) is 0 Å². The SMILES string of the molecule is [2H]C([2H])([2H])c1cccc(C([2H])([2H])[2H])c1-c1cc(Cl)nc(NS(=O)(=O)c2cccc(C(=O)O)c2)n1.[2H]C([2H])([2H])c1cccc(C([2H])([2H])[2H])c1-c1cc(Cl)nc(NS(=O)(=O)c2cccc(C(=O)OC)c2)n1. The number of esters is 1. The number of aromatic nitrogens is 4. The van der Waals surface area contributed by atoms with Gasteiger partial charge in [-0.3, -0.25) is 0 Å². The summed E-state index contributed by atoms with van der Waals surface area (Å²) in [5.41, 5.74) is -2.45. The predicted molar refractivity (Wildman–Crippen MR) is 217 cm³/mol. The highest BCUT2D eigenvalue weighted by Crippen LogP contribution is 2.30. The van der Waals surface area contributed by atoms with Gasteiger partial charge < -0.3 is 9.84 Å². The molecular weight excluding hydrogens is 816 g/mol.